The van der Waals surface area contributed by atoms with Gasteiger partial charge in [-0.15, -0.1) is 0 Å². The number of nitrogens with zero attached hydrogens (tertiary/aromatic N) is 3. The summed E-state index contributed by atoms with van der Waals surface area (Å²) in [6.45, 7) is 5.61. The summed E-state index contributed by atoms with van der Waals surface area (Å²) in [4.78, 5) is 20.9. The molecule has 1 fully saturated rings. The topological polar surface area (TPSA) is 48.5 Å². The van der Waals surface area contributed by atoms with Gasteiger partial charge in [-0.05, 0) is 24.6 Å². The van der Waals surface area contributed by atoms with E-state index in [4.69, 9.17) is 0 Å². The first-order chi connectivity index (χ1) is 11.7. The zero-order chi connectivity index (χ0) is 16.8. The molecule has 0 spiro atoms. The van der Waals surface area contributed by atoms with E-state index in [1.54, 1.807) is 0 Å². The first-order valence-electron chi connectivity index (χ1n) is 8.46. The van der Waals surface area contributed by atoms with E-state index in [1.807, 2.05) is 47.5 Å². The molecule has 0 unspecified atom stereocenters. The lowest BCUT2D eigenvalue weighted by Crippen LogP contribution is -2.51. The third-order valence-electron chi connectivity index (χ3n) is 4.46. The summed E-state index contributed by atoms with van der Waals surface area (Å²) >= 11 is 0. The maximum Gasteiger partial charge on any atom is 0.236 e. The molecule has 5 heteroatoms. The lowest BCUT2D eigenvalue weighted by atomic mass is 10.1. The summed E-state index contributed by atoms with van der Waals surface area (Å²) < 4.78 is 0. The van der Waals surface area contributed by atoms with E-state index in [2.05, 4.69) is 34.3 Å². The Morgan fingerprint density at radius 2 is 1.79 bits per heavy atom. The first-order valence-corrected chi connectivity index (χ1v) is 8.46. The summed E-state index contributed by atoms with van der Waals surface area (Å²) in [6.07, 6.45) is 1.81. The maximum atomic E-state index is 12.4. The Hall–Kier alpha value is -2.40. The summed E-state index contributed by atoms with van der Waals surface area (Å²) in [5.74, 6) is 1.15. The molecule has 126 valence electrons. The van der Waals surface area contributed by atoms with E-state index in [1.165, 1.54) is 5.56 Å². The van der Waals surface area contributed by atoms with Crippen LogP contribution in [0.2, 0.25) is 0 Å². The first kappa shape index (κ1) is 16.5. The molecule has 2 aromatic rings. The zero-order valence-electron chi connectivity index (χ0n) is 14.1. The second kappa shape index (κ2) is 7.93. The van der Waals surface area contributed by atoms with Crippen molar-refractivity contribution in [2.24, 2.45) is 0 Å². The number of carbonyl (C=O) groups is 1. The van der Waals surface area contributed by atoms with Crippen LogP contribution < -0.4 is 10.2 Å². The van der Waals surface area contributed by atoms with Crippen LogP contribution in [0.4, 0.5) is 5.82 Å². The van der Waals surface area contributed by atoms with Gasteiger partial charge in [0.1, 0.15) is 5.82 Å². The predicted molar refractivity (Wildman–Crippen MR) is 95.9 cm³/mol. The molecule has 24 heavy (non-hydrogen) atoms. The van der Waals surface area contributed by atoms with Crippen LogP contribution in [0.5, 0.6) is 0 Å². The smallest absolute Gasteiger partial charge is 0.236 e. The van der Waals surface area contributed by atoms with Gasteiger partial charge in [0.25, 0.3) is 0 Å². The van der Waals surface area contributed by atoms with E-state index < -0.39 is 0 Å². The van der Waals surface area contributed by atoms with Crippen molar-refractivity contribution in [3.05, 3.63) is 60.3 Å². The Balaban J connectivity index is 1.45. The van der Waals surface area contributed by atoms with Crippen LogP contribution in [0, 0.1) is 0 Å². The van der Waals surface area contributed by atoms with Gasteiger partial charge in [-0.25, -0.2) is 4.98 Å². The molecule has 5 nitrogen and oxygen atoms in total. The van der Waals surface area contributed by atoms with Crippen molar-refractivity contribution >= 4 is 11.7 Å². The Labute approximate surface area is 143 Å². The van der Waals surface area contributed by atoms with Gasteiger partial charge in [0.15, 0.2) is 0 Å². The normalized spacial score (nSPS) is 16.0. The van der Waals surface area contributed by atoms with Crippen molar-refractivity contribution in [1.82, 2.24) is 15.2 Å². The van der Waals surface area contributed by atoms with Gasteiger partial charge in [0, 0.05) is 38.4 Å². The number of benzene rings is 1. The van der Waals surface area contributed by atoms with Crippen molar-refractivity contribution in [1.29, 1.82) is 0 Å². The van der Waals surface area contributed by atoms with Crippen LogP contribution in [0.1, 0.15) is 18.5 Å². The second-order valence-electron chi connectivity index (χ2n) is 6.07. The molecule has 1 aliphatic heterocycles. The fraction of sp³-hybridized carbons (Fsp3) is 0.368. The quantitative estimate of drug-likeness (QED) is 0.915. The molecule has 1 atom stereocenters. The van der Waals surface area contributed by atoms with Gasteiger partial charge >= 0.3 is 0 Å². The monoisotopic (exact) mass is 324 g/mol. The SMILES string of the molecule is C[C@H](NCC(=O)N1CCN(c2ccccn2)CC1)c1ccccc1. The van der Waals surface area contributed by atoms with Crippen LogP contribution in [-0.2, 0) is 4.79 Å². The number of aromatic nitrogens is 1. The van der Waals surface area contributed by atoms with Crippen LogP contribution in [-0.4, -0.2) is 48.5 Å². The van der Waals surface area contributed by atoms with Crippen LogP contribution >= 0.6 is 0 Å². The van der Waals surface area contributed by atoms with Crippen molar-refractivity contribution in [3.8, 4) is 0 Å². The standard InChI is InChI=1S/C19H24N4O/c1-16(17-7-3-2-4-8-17)21-15-19(24)23-13-11-22(12-14-23)18-9-5-6-10-20-18/h2-10,16,21H,11-15H2,1H3/t16-/m0/s1. The summed E-state index contributed by atoms with van der Waals surface area (Å²) in [7, 11) is 0. The molecule has 3 rings (SSSR count). The number of rotatable bonds is 5. The van der Waals surface area contributed by atoms with E-state index in [9.17, 15) is 4.79 Å². The highest BCUT2D eigenvalue weighted by atomic mass is 16.2. The summed E-state index contributed by atoms with van der Waals surface area (Å²) in [5, 5.41) is 3.32. The van der Waals surface area contributed by atoms with Crippen LogP contribution in [0.25, 0.3) is 0 Å². The molecule has 0 bridgehead atoms. The number of hydrogen-bond acceptors (Lipinski definition) is 4. The third-order valence-corrected chi connectivity index (χ3v) is 4.46. The van der Waals surface area contributed by atoms with Gasteiger partial charge < -0.3 is 15.1 Å². The van der Waals surface area contributed by atoms with E-state index in [0.29, 0.717) is 6.54 Å². The highest BCUT2D eigenvalue weighted by Crippen LogP contribution is 2.13. The lowest BCUT2D eigenvalue weighted by molar-refractivity contribution is -0.130. The molecule has 1 aromatic carbocycles. The summed E-state index contributed by atoms with van der Waals surface area (Å²) in [5.41, 5.74) is 1.20. The average Bonchev–Trinajstić information content (AvgIpc) is 2.67. The minimum Gasteiger partial charge on any atom is -0.353 e. The highest BCUT2D eigenvalue weighted by Gasteiger charge is 2.21. The third kappa shape index (κ3) is 4.11. The number of piperazine rings is 1. The molecule has 2 heterocycles. The van der Waals surface area contributed by atoms with Crippen molar-refractivity contribution in [2.45, 2.75) is 13.0 Å². The molecular formula is C19H24N4O. The largest absolute Gasteiger partial charge is 0.353 e. The molecule has 0 saturated carbocycles. The minimum atomic E-state index is 0.165. The molecule has 1 aromatic heterocycles. The Morgan fingerprint density at radius 1 is 1.08 bits per heavy atom. The van der Waals surface area contributed by atoms with Gasteiger partial charge in [-0.3, -0.25) is 4.79 Å². The van der Waals surface area contributed by atoms with E-state index in [-0.39, 0.29) is 11.9 Å². The second-order valence-corrected chi connectivity index (χ2v) is 6.07. The molecule has 0 aliphatic carbocycles. The van der Waals surface area contributed by atoms with Crippen LogP contribution in [0.3, 0.4) is 0 Å². The highest BCUT2D eigenvalue weighted by molar-refractivity contribution is 5.78. The van der Waals surface area contributed by atoms with Crippen molar-refractivity contribution in [2.75, 3.05) is 37.6 Å². The van der Waals surface area contributed by atoms with Gasteiger partial charge in [0.05, 0.1) is 6.54 Å². The van der Waals surface area contributed by atoms with E-state index >= 15 is 0 Å². The zero-order valence-corrected chi connectivity index (χ0v) is 14.1. The molecular weight excluding hydrogens is 300 g/mol. The predicted octanol–water partition coefficient (Wildman–Crippen LogP) is 2.08. The number of nitrogens with one attached hydrogen (secondary N) is 1. The average molecular weight is 324 g/mol. The Morgan fingerprint density at radius 3 is 2.46 bits per heavy atom. The number of anilines is 1. The fourth-order valence-corrected chi connectivity index (χ4v) is 2.94. The molecule has 0 radical (unpaired) electrons. The molecule has 1 aliphatic rings. The molecule has 1 saturated heterocycles. The van der Waals surface area contributed by atoms with Gasteiger partial charge in [-0.2, -0.15) is 0 Å². The van der Waals surface area contributed by atoms with E-state index in [0.717, 1.165) is 32.0 Å². The Bertz CT molecular complexity index is 639. The van der Waals surface area contributed by atoms with Crippen molar-refractivity contribution < 1.29 is 4.79 Å². The fourth-order valence-electron chi connectivity index (χ4n) is 2.94. The minimum absolute atomic E-state index is 0.165. The lowest BCUT2D eigenvalue weighted by Gasteiger charge is -2.35. The molecule has 1 amide bonds. The molecule has 1 N–H and O–H groups in total. The number of hydrogen-bond donors (Lipinski definition) is 1. The number of carbonyl (C=O) groups excluding carboxylic acids is 1. The van der Waals surface area contributed by atoms with Crippen molar-refractivity contribution in [3.63, 3.8) is 0 Å². The maximum absolute atomic E-state index is 12.4. The van der Waals surface area contributed by atoms with Gasteiger partial charge in [-0.1, -0.05) is 36.4 Å². The van der Waals surface area contributed by atoms with Gasteiger partial charge in [0.2, 0.25) is 5.91 Å². The summed E-state index contributed by atoms with van der Waals surface area (Å²) in [6, 6.07) is 16.3. The van der Waals surface area contributed by atoms with Crippen LogP contribution in [0.15, 0.2) is 54.7 Å². The number of amides is 1. The number of pyridine rings is 1. The Kier molecular flexibility index (Phi) is 5.43.